The van der Waals surface area contributed by atoms with Gasteiger partial charge in [-0.15, -0.1) is 0 Å². The second-order valence-corrected chi connectivity index (χ2v) is 7.47. The first-order valence-electron chi connectivity index (χ1n) is 9.85. The predicted octanol–water partition coefficient (Wildman–Crippen LogP) is 3.44. The first-order chi connectivity index (χ1) is 14.6. The third kappa shape index (κ3) is 6.08. The number of nitrogens with one attached hydrogen (secondary N) is 1. The molecule has 1 N–H and O–H groups in total. The van der Waals surface area contributed by atoms with E-state index in [1.54, 1.807) is 11.0 Å². The van der Waals surface area contributed by atoms with Crippen LogP contribution in [0, 0.1) is 0 Å². The molecule has 1 aliphatic rings. The summed E-state index contributed by atoms with van der Waals surface area (Å²) < 4.78 is 16.7. The number of nitrogens with zero attached hydrogens (tertiary/aromatic N) is 1. The van der Waals surface area contributed by atoms with E-state index >= 15 is 0 Å². The molecule has 1 aliphatic heterocycles. The number of hydrogen-bond donors (Lipinski definition) is 1. The summed E-state index contributed by atoms with van der Waals surface area (Å²) in [5.74, 6) is 0.990. The Morgan fingerprint density at radius 2 is 1.93 bits per heavy atom. The average Bonchev–Trinajstić information content (AvgIpc) is 2.78. The predicted molar refractivity (Wildman–Crippen MR) is 120 cm³/mol. The first kappa shape index (κ1) is 22.3. The van der Waals surface area contributed by atoms with Crippen LogP contribution in [0.4, 0.5) is 0 Å². The van der Waals surface area contributed by atoms with Crippen LogP contribution in [0.15, 0.2) is 42.5 Å². The number of benzene rings is 2. The van der Waals surface area contributed by atoms with Crippen molar-refractivity contribution < 1.29 is 19.0 Å². The summed E-state index contributed by atoms with van der Waals surface area (Å²) >= 11 is 11.7. The third-order valence-corrected chi connectivity index (χ3v) is 5.37. The van der Waals surface area contributed by atoms with E-state index in [4.69, 9.17) is 38.0 Å². The van der Waals surface area contributed by atoms with Crippen LogP contribution in [0.25, 0.3) is 0 Å². The molecule has 8 heteroatoms. The van der Waals surface area contributed by atoms with Gasteiger partial charge in [-0.2, -0.15) is 0 Å². The van der Waals surface area contributed by atoms with Crippen LogP contribution in [0.1, 0.15) is 18.1 Å². The lowest BCUT2D eigenvalue weighted by Crippen LogP contribution is -2.43. The zero-order chi connectivity index (χ0) is 21.3. The molecule has 0 atom stereocenters. The van der Waals surface area contributed by atoms with Gasteiger partial charge in [-0.05, 0) is 36.8 Å². The molecule has 1 amide bonds. The van der Waals surface area contributed by atoms with Crippen LogP contribution in [-0.4, -0.2) is 55.3 Å². The summed E-state index contributed by atoms with van der Waals surface area (Å²) in [7, 11) is 0. The van der Waals surface area contributed by atoms with Crippen molar-refractivity contribution in [1.29, 1.82) is 0 Å². The quantitative estimate of drug-likeness (QED) is 0.624. The third-order valence-electron chi connectivity index (χ3n) is 4.62. The number of thiocarbonyl (C=S) groups is 1. The zero-order valence-electron chi connectivity index (χ0n) is 16.9. The van der Waals surface area contributed by atoms with Gasteiger partial charge >= 0.3 is 0 Å². The fraction of sp³-hybridized carbons (Fsp3) is 0.364. The second-order valence-electron chi connectivity index (χ2n) is 6.65. The van der Waals surface area contributed by atoms with Gasteiger partial charge < -0.3 is 24.4 Å². The molecule has 2 aromatic carbocycles. The average molecular weight is 449 g/mol. The van der Waals surface area contributed by atoms with Crippen LogP contribution >= 0.6 is 23.8 Å². The molecule has 0 bridgehead atoms. The van der Waals surface area contributed by atoms with Crippen LogP contribution in [0.3, 0.4) is 0 Å². The Morgan fingerprint density at radius 3 is 2.67 bits per heavy atom. The van der Waals surface area contributed by atoms with Crippen molar-refractivity contribution in [3.63, 3.8) is 0 Å². The Kier molecular flexibility index (Phi) is 8.30. The van der Waals surface area contributed by atoms with Gasteiger partial charge in [0.05, 0.1) is 19.8 Å². The number of carbonyl (C=O) groups is 1. The molecule has 160 valence electrons. The van der Waals surface area contributed by atoms with Gasteiger partial charge in [0.2, 0.25) is 0 Å². The van der Waals surface area contributed by atoms with Gasteiger partial charge in [-0.1, -0.05) is 42.0 Å². The summed E-state index contributed by atoms with van der Waals surface area (Å²) in [4.78, 5) is 14.6. The summed E-state index contributed by atoms with van der Waals surface area (Å²) in [5.41, 5.74) is 1.76. The minimum atomic E-state index is -0.0678. The Balaban J connectivity index is 1.62. The van der Waals surface area contributed by atoms with Crippen LogP contribution in [0.2, 0.25) is 5.02 Å². The van der Waals surface area contributed by atoms with E-state index in [0.717, 1.165) is 11.1 Å². The molecule has 0 saturated carbocycles. The highest BCUT2D eigenvalue weighted by Gasteiger charge is 2.18. The monoisotopic (exact) mass is 448 g/mol. The molecule has 1 heterocycles. The lowest BCUT2D eigenvalue weighted by molar-refractivity contribution is -0.137. The molecule has 0 aromatic heterocycles. The Hall–Kier alpha value is -2.35. The molecule has 0 spiro atoms. The fourth-order valence-electron chi connectivity index (χ4n) is 3.00. The SMILES string of the molecule is CCOc1cc(C(=S)NCc2ccccc2Cl)ccc1OCC(=O)N1CCOCC1. The number of carbonyl (C=O) groups excluding carboxylic acids is 1. The molecular formula is C22H25ClN2O4S. The lowest BCUT2D eigenvalue weighted by Gasteiger charge is -2.26. The molecule has 1 saturated heterocycles. The number of hydrogen-bond acceptors (Lipinski definition) is 5. The van der Waals surface area contributed by atoms with Crippen molar-refractivity contribution in [1.82, 2.24) is 10.2 Å². The van der Waals surface area contributed by atoms with Gasteiger partial charge in [0.15, 0.2) is 18.1 Å². The lowest BCUT2D eigenvalue weighted by atomic mass is 10.1. The van der Waals surface area contributed by atoms with Gasteiger partial charge in [0.25, 0.3) is 5.91 Å². The number of halogens is 1. The van der Waals surface area contributed by atoms with Gasteiger partial charge in [0.1, 0.15) is 4.99 Å². The van der Waals surface area contributed by atoms with Crippen molar-refractivity contribution >= 4 is 34.7 Å². The van der Waals surface area contributed by atoms with E-state index in [1.165, 1.54) is 0 Å². The highest BCUT2D eigenvalue weighted by Crippen LogP contribution is 2.29. The molecule has 30 heavy (non-hydrogen) atoms. The molecular weight excluding hydrogens is 424 g/mol. The minimum absolute atomic E-state index is 0.0470. The fourth-order valence-corrected chi connectivity index (χ4v) is 3.40. The second kappa shape index (κ2) is 11.2. The molecule has 6 nitrogen and oxygen atoms in total. The van der Waals surface area contributed by atoms with Crippen molar-refractivity contribution in [3.05, 3.63) is 58.6 Å². The van der Waals surface area contributed by atoms with E-state index < -0.39 is 0 Å². The summed E-state index contributed by atoms with van der Waals surface area (Å²) in [6.07, 6.45) is 0. The normalized spacial score (nSPS) is 13.6. The van der Waals surface area contributed by atoms with Crippen LogP contribution in [-0.2, 0) is 16.1 Å². The smallest absolute Gasteiger partial charge is 0.260 e. The number of ether oxygens (including phenoxy) is 3. The van der Waals surface area contributed by atoms with Crippen molar-refractivity contribution in [2.24, 2.45) is 0 Å². The molecule has 2 aromatic rings. The summed E-state index contributed by atoms with van der Waals surface area (Å²) in [5, 5.41) is 3.91. The minimum Gasteiger partial charge on any atom is -0.490 e. The van der Waals surface area contributed by atoms with Crippen LogP contribution in [0.5, 0.6) is 11.5 Å². The Labute approximate surface area is 187 Å². The number of morpholine rings is 1. The molecule has 0 radical (unpaired) electrons. The van der Waals surface area contributed by atoms with E-state index in [2.05, 4.69) is 5.32 Å². The summed E-state index contributed by atoms with van der Waals surface area (Å²) in [6.45, 7) is 5.13. The maximum Gasteiger partial charge on any atom is 0.260 e. The Morgan fingerprint density at radius 1 is 1.17 bits per heavy atom. The molecule has 3 rings (SSSR count). The topological polar surface area (TPSA) is 60.0 Å². The molecule has 1 fully saturated rings. The van der Waals surface area contributed by atoms with Gasteiger partial charge in [-0.25, -0.2) is 0 Å². The summed E-state index contributed by atoms with van der Waals surface area (Å²) in [6, 6.07) is 13.1. The number of rotatable bonds is 8. The largest absolute Gasteiger partial charge is 0.490 e. The first-order valence-corrected chi connectivity index (χ1v) is 10.6. The van der Waals surface area contributed by atoms with E-state index in [9.17, 15) is 4.79 Å². The highest BCUT2D eigenvalue weighted by molar-refractivity contribution is 7.80. The Bertz CT molecular complexity index is 887. The van der Waals surface area contributed by atoms with Crippen molar-refractivity contribution in [2.45, 2.75) is 13.5 Å². The maximum absolute atomic E-state index is 12.3. The van der Waals surface area contributed by atoms with E-state index in [-0.39, 0.29) is 12.5 Å². The van der Waals surface area contributed by atoms with Crippen molar-refractivity contribution in [3.8, 4) is 11.5 Å². The van der Waals surface area contributed by atoms with Crippen LogP contribution < -0.4 is 14.8 Å². The van der Waals surface area contributed by atoms with E-state index in [0.29, 0.717) is 61.0 Å². The number of amides is 1. The van der Waals surface area contributed by atoms with Gasteiger partial charge in [0, 0.05) is 30.2 Å². The molecule has 0 unspecified atom stereocenters. The van der Waals surface area contributed by atoms with E-state index in [1.807, 2.05) is 43.3 Å². The maximum atomic E-state index is 12.3. The standard InChI is InChI=1S/C22H25ClN2O4S/c1-2-28-20-13-16(22(30)24-14-17-5-3-4-6-18(17)23)7-8-19(20)29-15-21(26)25-9-11-27-12-10-25/h3-8,13H,2,9-12,14-15H2,1H3,(H,24,30). The van der Waals surface area contributed by atoms with Crippen molar-refractivity contribution in [2.75, 3.05) is 39.5 Å². The molecule has 0 aliphatic carbocycles. The highest BCUT2D eigenvalue weighted by atomic mass is 35.5. The van der Waals surface area contributed by atoms with Gasteiger partial charge in [-0.3, -0.25) is 4.79 Å². The zero-order valence-corrected chi connectivity index (χ0v) is 18.4.